The van der Waals surface area contributed by atoms with Gasteiger partial charge in [-0.25, -0.2) is 0 Å². The van der Waals surface area contributed by atoms with Crippen LogP contribution < -0.4 is 4.90 Å². The number of quaternary nitrogens is 1. The Kier molecular flexibility index (Phi) is 6.77. The molecule has 1 heterocycles. The van der Waals surface area contributed by atoms with Gasteiger partial charge in [0.1, 0.15) is 6.67 Å². The molecule has 3 N–H and O–H groups in total. The predicted molar refractivity (Wildman–Crippen MR) is 60.1 cm³/mol. The maximum atomic E-state index is 10.5. The molecule has 0 aromatic carbocycles. The Labute approximate surface area is 96.6 Å². The van der Waals surface area contributed by atoms with Crippen LogP contribution in [-0.2, 0) is 10.1 Å². The molecular weight excluding hydrogens is 232 g/mol. The van der Waals surface area contributed by atoms with Crippen LogP contribution in [0.3, 0.4) is 0 Å². The number of hydrogen-bond acceptors (Lipinski definition) is 4. The molecule has 0 aliphatic carbocycles. The zero-order valence-corrected chi connectivity index (χ0v) is 10.1. The summed E-state index contributed by atoms with van der Waals surface area (Å²) in [7, 11) is -3.78. The molecule has 0 aromatic heterocycles. The second-order valence-corrected chi connectivity index (χ2v) is 5.45. The molecule has 1 aliphatic rings. The van der Waals surface area contributed by atoms with Crippen LogP contribution in [0.4, 0.5) is 0 Å². The fraction of sp³-hybridized carbons (Fsp3) is 0.778. The van der Waals surface area contributed by atoms with Crippen LogP contribution in [0.15, 0.2) is 12.8 Å². The lowest BCUT2D eigenvalue weighted by Crippen LogP contribution is -3.05. The van der Waals surface area contributed by atoms with E-state index in [0.29, 0.717) is 6.42 Å². The Balaban J connectivity index is 0.00000225. The molecule has 0 aromatic rings. The van der Waals surface area contributed by atoms with Gasteiger partial charge in [-0.1, -0.05) is 0 Å². The Hall–Kier alpha value is -0.470. The van der Waals surface area contributed by atoms with Gasteiger partial charge in [-0.05, 0) is 19.4 Å². The summed E-state index contributed by atoms with van der Waals surface area (Å²) in [6.07, 6.45) is 3.24. The molecule has 0 spiro atoms. The molecule has 1 rings (SSSR count). The molecule has 0 bridgehead atoms. The van der Waals surface area contributed by atoms with E-state index in [0.717, 1.165) is 32.7 Å². The summed E-state index contributed by atoms with van der Waals surface area (Å²) < 4.78 is 29.4. The summed E-state index contributed by atoms with van der Waals surface area (Å²) in [6, 6.07) is 0. The number of nitrogens with one attached hydrogen (secondary N) is 1. The molecule has 16 heavy (non-hydrogen) atoms. The molecule has 1 fully saturated rings. The van der Waals surface area contributed by atoms with Crippen molar-refractivity contribution in [2.75, 3.05) is 32.1 Å². The van der Waals surface area contributed by atoms with E-state index in [9.17, 15) is 8.42 Å². The fourth-order valence-electron chi connectivity index (χ4n) is 1.72. The molecule has 6 nitrogen and oxygen atoms in total. The summed E-state index contributed by atoms with van der Waals surface area (Å²) in [5.74, 6) is -0.126. The zero-order chi connectivity index (χ0) is 11.3. The van der Waals surface area contributed by atoms with Crippen molar-refractivity contribution in [2.24, 2.45) is 0 Å². The SMILES string of the molecule is C=C[NH+]1CCN(CCCCS(=O)(=O)O)C1.[OH-]. The van der Waals surface area contributed by atoms with Gasteiger partial charge in [-0.2, -0.15) is 8.42 Å². The second kappa shape index (κ2) is 6.97. The highest BCUT2D eigenvalue weighted by Gasteiger charge is 2.20. The topological polar surface area (TPSA) is 92.0 Å². The van der Waals surface area contributed by atoms with Crippen LogP contribution >= 0.6 is 0 Å². The molecule has 1 unspecified atom stereocenters. The molecule has 1 aliphatic heterocycles. The molecule has 7 heteroatoms. The third kappa shape index (κ3) is 6.19. The van der Waals surface area contributed by atoms with Crippen molar-refractivity contribution >= 4 is 10.1 Å². The average molecular weight is 252 g/mol. The van der Waals surface area contributed by atoms with Crippen molar-refractivity contribution in [2.45, 2.75) is 12.8 Å². The van der Waals surface area contributed by atoms with Crippen LogP contribution in [0.1, 0.15) is 12.8 Å². The highest BCUT2D eigenvalue weighted by molar-refractivity contribution is 7.85. The van der Waals surface area contributed by atoms with Crippen LogP contribution in [-0.4, -0.2) is 55.4 Å². The highest BCUT2D eigenvalue weighted by atomic mass is 32.2. The van der Waals surface area contributed by atoms with Crippen molar-refractivity contribution in [3.8, 4) is 0 Å². The molecule has 0 amide bonds. The van der Waals surface area contributed by atoms with Gasteiger partial charge < -0.3 is 5.48 Å². The molecule has 0 radical (unpaired) electrons. The summed E-state index contributed by atoms with van der Waals surface area (Å²) in [5, 5.41) is 0. The number of nitrogens with zero attached hydrogens (tertiary/aromatic N) is 1. The van der Waals surface area contributed by atoms with Gasteiger partial charge in [0.2, 0.25) is 0 Å². The first-order chi connectivity index (χ1) is 7.01. The van der Waals surface area contributed by atoms with E-state index in [-0.39, 0.29) is 11.2 Å². The first-order valence-electron chi connectivity index (χ1n) is 5.16. The number of hydrogen-bond donors (Lipinski definition) is 2. The molecular formula is C9H20N2O4S. The van der Waals surface area contributed by atoms with E-state index in [4.69, 9.17) is 4.55 Å². The van der Waals surface area contributed by atoms with Crippen molar-refractivity contribution in [1.82, 2.24) is 4.90 Å². The zero-order valence-electron chi connectivity index (χ0n) is 9.30. The lowest BCUT2D eigenvalue weighted by molar-refractivity contribution is -0.837. The van der Waals surface area contributed by atoms with E-state index in [1.807, 2.05) is 6.20 Å². The van der Waals surface area contributed by atoms with Crippen LogP contribution in [0, 0.1) is 0 Å². The predicted octanol–water partition coefficient (Wildman–Crippen LogP) is -1.22. The smallest absolute Gasteiger partial charge is 0.264 e. The van der Waals surface area contributed by atoms with E-state index < -0.39 is 10.1 Å². The first kappa shape index (κ1) is 15.5. The minimum Gasteiger partial charge on any atom is -0.870 e. The van der Waals surface area contributed by atoms with Crippen LogP contribution in [0.5, 0.6) is 0 Å². The average Bonchev–Trinajstić information content (AvgIpc) is 2.59. The molecule has 1 atom stereocenters. The van der Waals surface area contributed by atoms with Gasteiger partial charge in [-0.15, -0.1) is 0 Å². The minimum absolute atomic E-state index is 0. The van der Waals surface area contributed by atoms with Crippen molar-refractivity contribution in [3.05, 3.63) is 12.8 Å². The number of rotatable bonds is 6. The highest BCUT2D eigenvalue weighted by Crippen LogP contribution is 1.98. The van der Waals surface area contributed by atoms with Crippen LogP contribution in [0.25, 0.3) is 0 Å². The number of unbranched alkanes of at least 4 members (excludes halogenated alkanes) is 1. The van der Waals surface area contributed by atoms with E-state index in [1.54, 1.807) is 0 Å². The molecule has 0 saturated carbocycles. The van der Waals surface area contributed by atoms with Gasteiger partial charge >= 0.3 is 0 Å². The second-order valence-electron chi connectivity index (χ2n) is 3.88. The summed E-state index contributed by atoms with van der Waals surface area (Å²) >= 11 is 0. The van der Waals surface area contributed by atoms with Gasteiger partial charge in [0.15, 0.2) is 0 Å². The Bertz CT molecular complexity index is 305. The van der Waals surface area contributed by atoms with Crippen molar-refractivity contribution in [3.63, 3.8) is 0 Å². The minimum atomic E-state index is -3.78. The maximum Gasteiger partial charge on any atom is 0.264 e. The van der Waals surface area contributed by atoms with Gasteiger partial charge in [0.05, 0.1) is 25.0 Å². The van der Waals surface area contributed by atoms with E-state index in [2.05, 4.69) is 11.5 Å². The van der Waals surface area contributed by atoms with Crippen LogP contribution in [0.2, 0.25) is 0 Å². The molecule has 1 saturated heterocycles. The van der Waals surface area contributed by atoms with Gasteiger partial charge in [0, 0.05) is 6.54 Å². The Morgan fingerprint density at radius 2 is 2.12 bits per heavy atom. The fourth-order valence-corrected chi connectivity index (χ4v) is 2.29. The van der Waals surface area contributed by atoms with Crippen molar-refractivity contribution < 1.29 is 23.3 Å². The monoisotopic (exact) mass is 252 g/mol. The Morgan fingerprint density at radius 1 is 1.44 bits per heavy atom. The standard InChI is InChI=1S/C9H18N2O3S.H2O/c1-2-10-6-7-11(9-10)5-3-4-8-15(12,13)14;/h2H,1,3-9H2,(H,12,13,14);1H2. The molecule has 96 valence electrons. The summed E-state index contributed by atoms with van der Waals surface area (Å²) in [4.78, 5) is 3.63. The Morgan fingerprint density at radius 3 is 2.62 bits per heavy atom. The normalized spacial score (nSPS) is 21.7. The summed E-state index contributed by atoms with van der Waals surface area (Å²) in [6.45, 7) is 7.69. The van der Waals surface area contributed by atoms with Crippen molar-refractivity contribution in [1.29, 1.82) is 0 Å². The lowest BCUT2D eigenvalue weighted by atomic mass is 10.3. The van der Waals surface area contributed by atoms with Gasteiger partial charge in [0.25, 0.3) is 10.1 Å². The van der Waals surface area contributed by atoms with E-state index in [1.165, 1.54) is 4.90 Å². The lowest BCUT2D eigenvalue weighted by Gasteiger charge is -2.11. The first-order valence-corrected chi connectivity index (χ1v) is 6.77. The quantitative estimate of drug-likeness (QED) is 0.456. The third-order valence-corrected chi connectivity index (χ3v) is 3.40. The third-order valence-electron chi connectivity index (χ3n) is 2.59. The summed E-state index contributed by atoms with van der Waals surface area (Å²) in [5.41, 5.74) is 0. The van der Waals surface area contributed by atoms with Gasteiger partial charge in [-0.3, -0.25) is 14.4 Å². The van der Waals surface area contributed by atoms with E-state index >= 15 is 0 Å². The largest absolute Gasteiger partial charge is 0.870 e. The maximum absolute atomic E-state index is 10.5.